The van der Waals surface area contributed by atoms with Gasteiger partial charge < -0.3 is 20.3 Å². The van der Waals surface area contributed by atoms with Gasteiger partial charge in [-0.05, 0) is 18.5 Å². The molecule has 10 heteroatoms. The average molecular weight is 435 g/mol. The van der Waals surface area contributed by atoms with Crippen molar-refractivity contribution < 1.29 is 29.0 Å². The second-order valence-corrected chi connectivity index (χ2v) is 20.6. The molecule has 0 aliphatic carbocycles. The summed E-state index contributed by atoms with van der Waals surface area (Å²) in [6.07, 6.45) is -0.942. The lowest BCUT2D eigenvalue weighted by Gasteiger charge is -2.29. The Bertz CT molecular complexity index is 517. The SMILES string of the molecule is C[Si](C)(C)CCOC(=O)[C@H](CCC(=O)O)N(CCN)C(=O)OCC[Si](C)(C)C. The summed E-state index contributed by atoms with van der Waals surface area (Å²) in [5, 5.41) is 9.01. The number of hydrogen-bond acceptors (Lipinski definition) is 6. The molecule has 0 saturated carbocycles. The minimum absolute atomic E-state index is 0.0375. The van der Waals surface area contributed by atoms with Crippen molar-refractivity contribution in [3.8, 4) is 0 Å². The highest BCUT2D eigenvalue weighted by Crippen LogP contribution is 2.15. The fraction of sp³-hybridized carbons (Fsp3) is 0.833. The Morgan fingerprint density at radius 2 is 1.46 bits per heavy atom. The molecule has 0 aromatic heterocycles. The Morgan fingerprint density at radius 1 is 0.964 bits per heavy atom. The number of carboxylic acid groups (broad SMARTS) is 1. The Labute approximate surface area is 170 Å². The number of amides is 1. The summed E-state index contributed by atoms with van der Waals surface area (Å²) < 4.78 is 10.7. The first-order valence-electron chi connectivity index (χ1n) is 9.79. The van der Waals surface area contributed by atoms with Crippen LogP contribution in [0.25, 0.3) is 0 Å². The number of carbonyl (C=O) groups is 3. The lowest BCUT2D eigenvalue weighted by molar-refractivity contribution is -0.149. The molecule has 0 heterocycles. The molecule has 0 aliphatic heterocycles. The van der Waals surface area contributed by atoms with Gasteiger partial charge in [0.05, 0.1) is 13.2 Å². The largest absolute Gasteiger partial charge is 0.481 e. The molecule has 0 aromatic carbocycles. The van der Waals surface area contributed by atoms with Gasteiger partial charge in [0.25, 0.3) is 0 Å². The highest BCUT2D eigenvalue weighted by molar-refractivity contribution is 6.76. The van der Waals surface area contributed by atoms with Gasteiger partial charge in [-0.2, -0.15) is 0 Å². The minimum Gasteiger partial charge on any atom is -0.481 e. The first-order valence-corrected chi connectivity index (χ1v) is 17.2. The van der Waals surface area contributed by atoms with Gasteiger partial charge in [-0.25, -0.2) is 9.59 Å². The van der Waals surface area contributed by atoms with Crippen LogP contribution in [0.2, 0.25) is 51.4 Å². The van der Waals surface area contributed by atoms with Crippen molar-refractivity contribution in [1.29, 1.82) is 0 Å². The van der Waals surface area contributed by atoms with Crippen molar-refractivity contribution >= 4 is 34.2 Å². The van der Waals surface area contributed by atoms with Gasteiger partial charge in [0.15, 0.2) is 0 Å². The zero-order chi connectivity index (χ0) is 22.0. The highest BCUT2D eigenvalue weighted by atomic mass is 28.3. The van der Waals surface area contributed by atoms with Crippen molar-refractivity contribution in [1.82, 2.24) is 4.90 Å². The van der Waals surface area contributed by atoms with E-state index in [0.717, 1.165) is 12.1 Å². The lowest BCUT2D eigenvalue weighted by atomic mass is 10.1. The predicted molar refractivity (Wildman–Crippen MR) is 115 cm³/mol. The van der Waals surface area contributed by atoms with Crippen molar-refractivity contribution in [2.45, 2.75) is 70.3 Å². The zero-order valence-corrected chi connectivity index (χ0v) is 20.2. The van der Waals surface area contributed by atoms with Gasteiger partial charge in [0.1, 0.15) is 6.04 Å². The number of carboxylic acids is 1. The highest BCUT2D eigenvalue weighted by Gasteiger charge is 2.32. The van der Waals surface area contributed by atoms with Crippen molar-refractivity contribution in [2.75, 3.05) is 26.3 Å². The van der Waals surface area contributed by atoms with Crippen LogP contribution in [-0.2, 0) is 19.1 Å². The zero-order valence-electron chi connectivity index (χ0n) is 18.2. The molecule has 0 aromatic rings. The molecule has 0 radical (unpaired) electrons. The van der Waals surface area contributed by atoms with Crippen molar-refractivity contribution in [2.24, 2.45) is 5.73 Å². The monoisotopic (exact) mass is 434 g/mol. The number of esters is 1. The molecule has 28 heavy (non-hydrogen) atoms. The van der Waals surface area contributed by atoms with Crippen LogP contribution in [0.1, 0.15) is 12.8 Å². The molecule has 164 valence electrons. The fourth-order valence-corrected chi connectivity index (χ4v) is 3.68. The molecule has 0 spiro atoms. The first kappa shape index (κ1) is 26.6. The standard InChI is InChI=1S/C18H38N2O6Si2/c1-27(2,3)13-11-25-17(23)15(7-8-16(21)22)20(10-9-19)18(24)26-12-14-28(4,5)6/h15H,7-14,19H2,1-6H3,(H,21,22)/t15-/m0/s1. The summed E-state index contributed by atoms with van der Waals surface area (Å²) in [5.41, 5.74) is 5.61. The smallest absolute Gasteiger partial charge is 0.410 e. The van der Waals surface area contributed by atoms with Crippen LogP contribution >= 0.6 is 0 Å². The summed E-state index contributed by atoms with van der Waals surface area (Å²) in [6.45, 7) is 13.8. The van der Waals surface area contributed by atoms with E-state index in [-0.39, 0.29) is 39.1 Å². The van der Waals surface area contributed by atoms with E-state index in [1.54, 1.807) is 0 Å². The molecule has 1 atom stereocenters. The Kier molecular flexibility index (Phi) is 11.6. The quantitative estimate of drug-likeness (QED) is 0.338. The van der Waals surface area contributed by atoms with E-state index in [0.29, 0.717) is 0 Å². The van der Waals surface area contributed by atoms with Crippen LogP contribution in [0.5, 0.6) is 0 Å². The number of hydrogen-bond donors (Lipinski definition) is 2. The molecule has 0 saturated heterocycles. The second kappa shape index (κ2) is 12.2. The number of aliphatic carboxylic acids is 1. The third-order valence-corrected chi connectivity index (χ3v) is 7.47. The van der Waals surface area contributed by atoms with Crippen LogP contribution in [-0.4, -0.2) is 76.5 Å². The average Bonchev–Trinajstić information content (AvgIpc) is 2.51. The maximum Gasteiger partial charge on any atom is 0.410 e. The summed E-state index contributed by atoms with van der Waals surface area (Å²) in [5.74, 6) is -1.64. The molecule has 8 nitrogen and oxygen atoms in total. The van der Waals surface area contributed by atoms with Gasteiger partial charge in [-0.15, -0.1) is 0 Å². The van der Waals surface area contributed by atoms with Gasteiger partial charge in [-0.3, -0.25) is 9.69 Å². The van der Waals surface area contributed by atoms with E-state index in [4.69, 9.17) is 20.3 Å². The first-order chi connectivity index (χ1) is 12.8. The second-order valence-electron chi connectivity index (χ2n) is 9.33. The van der Waals surface area contributed by atoms with Crippen molar-refractivity contribution in [3.05, 3.63) is 0 Å². The number of nitrogens with zero attached hydrogens (tertiary/aromatic N) is 1. The molecule has 0 unspecified atom stereocenters. The maximum atomic E-state index is 12.6. The van der Waals surface area contributed by atoms with Gasteiger partial charge in [-0.1, -0.05) is 39.3 Å². The van der Waals surface area contributed by atoms with Crippen LogP contribution in [0.4, 0.5) is 4.79 Å². The molecule has 3 N–H and O–H groups in total. The van der Waals surface area contributed by atoms with E-state index in [1.807, 2.05) is 0 Å². The van der Waals surface area contributed by atoms with E-state index < -0.39 is 40.2 Å². The number of ether oxygens (including phenoxy) is 2. The van der Waals surface area contributed by atoms with Gasteiger partial charge >= 0.3 is 18.0 Å². The lowest BCUT2D eigenvalue weighted by Crippen LogP contribution is -2.48. The summed E-state index contributed by atoms with van der Waals surface area (Å²) >= 11 is 0. The van der Waals surface area contributed by atoms with Crippen LogP contribution in [0.15, 0.2) is 0 Å². The number of carbonyl (C=O) groups excluding carboxylic acids is 2. The Hall–Kier alpha value is -1.40. The Morgan fingerprint density at radius 3 is 1.89 bits per heavy atom. The summed E-state index contributed by atoms with van der Waals surface area (Å²) in [6, 6.07) is 0.582. The van der Waals surface area contributed by atoms with Crippen LogP contribution in [0.3, 0.4) is 0 Å². The van der Waals surface area contributed by atoms with Crippen LogP contribution in [0, 0.1) is 0 Å². The topological polar surface area (TPSA) is 119 Å². The summed E-state index contributed by atoms with van der Waals surface area (Å²) in [7, 11) is -2.77. The van der Waals surface area contributed by atoms with Gasteiger partial charge in [0.2, 0.25) is 0 Å². The number of nitrogens with two attached hydrogens (primary N) is 1. The predicted octanol–water partition coefficient (Wildman–Crippen LogP) is 2.84. The molecular weight excluding hydrogens is 396 g/mol. The van der Waals surface area contributed by atoms with E-state index >= 15 is 0 Å². The molecule has 0 rings (SSSR count). The number of rotatable bonds is 13. The van der Waals surface area contributed by atoms with E-state index in [9.17, 15) is 14.4 Å². The molecular formula is C18H38N2O6Si2. The normalized spacial score (nSPS) is 13.0. The third-order valence-electron chi connectivity index (χ3n) is 4.06. The molecule has 0 bridgehead atoms. The van der Waals surface area contributed by atoms with Crippen molar-refractivity contribution in [3.63, 3.8) is 0 Å². The summed E-state index contributed by atoms with van der Waals surface area (Å²) in [4.78, 5) is 37.4. The third kappa shape index (κ3) is 12.9. The van der Waals surface area contributed by atoms with Gasteiger partial charge in [0, 0.05) is 35.7 Å². The van der Waals surface area contributed by atoms with Crippen LogP contribution < -0.4 is 5.73 Å². The minimum atomic E-state index is -1.39. The van der Waals surface area contributed by atoms with E-state index in [1.165, 1.54) is 4.90 Å². The fourth-order valence-electron chi connectivity index (χ4n) is 2.26. The Balaban J connectivity index is 5.14. The van der Waals surface area contributed by atoms with E-state index in [2.05, 4.69) is 39.3 Å². The molecule has 0 fully saturated rings. The molecule has 0 aliphatic rings. The maximum absolute atomic E-state index is 12.6. The molecule has 1 amide bonds.